The molecule has 0 bridgehead atoms. The van der Waals surface area contributed by atoms with E-state index in [9.17, 15) is 9.90 Å². The molecule has 0 unspecified atom stereocenters. The number of hydrogen-bond acceptors (Lipinski definition) is 2. The number of aromatic nitrogens is 1. The van der Waals surface area contributed by atoms with Gasteiger partial charge < -0.3 is 14.4 Å². The molecule has 4 heteroatoms. The first-order valence-corrected chi connectivity index (χ1v) is 11.4. The lowest BCUT2D eigenvalue weighted by Gasteiger charge is -2.19. The minimum Gasteiger partial charge on any atom is -0.491 e. The van der Waals surface area contributed by atoms with Crippen LogP contribution in [-0.2, 0) is 11.8 Å². The van der Waals surface area contributed by atoms with Gasteiger partial charge in [0.25, 0.3) is 0 Å². The fourth-order valence-electron chi connectivity index (χ4n) is 4.11. The Balaban J connectivity index is 1.67. The average Bonchev–Trinajstić information content (AvgIpc) is 3.13. The summed E-state index contributed by atoms with van der Waals surface area (Å²) in [5.74, 6) is -0.185. The van der Waals surface area contributed by atoms with Crippen molar-refractivity contribution in [2.45, 2.75) is 52.6 Å². The molecular weight excluding hydrogens is 410 g/mol. The van der Waals surface area contributed by atoms with Crippen molar-refractivity contribution in [1.29, 1.82) is 0 Å². The topological polar surface area (TPSA) is 51.5 Å². The van der Waals surface area contributed by atoms with E-state index in [0.29, 0.717) is 0 Å². The number of carboxylic acid groups (broad SMARTS) is 1. The largest absolute Gasteiger partial charge is 0.491 e. The lowest BCUT2D eigenvalue weighted by molar-refractivity contribution is 0.0688. The fraction of sp³-hybridized carbons (Fsp3) is 0.276. The fourth-order valence-corrected chi connectivity index (χ4v) is 4.11. The zero-order valence-electron chi connectivity index (χ0n) is 19.9. The molecule has 0 aliphatic rings. The van der Waals surface area contributed by atoms with Gasteiger partial charge in [0, 0.05) is 11.1 Å². The summed E-state index contributed by atoms with van der Waals surface area (Å²) in [6, 6.07) is 24.2. The highest BCUT2D eigenvalue weighted by atomic mass is 16.5. The van der Waals surface area contributed by atoms with Crippen LogP contribution in [0.3, 0.4) is 0 Å². The van der Waals surface area contributed by atoms with Crippen LogP contribution in [0.5, 0.6) is 5.75 Å². The SMILES string of the molecule is CC(C)Oc1ccc(-n2c(C(=O)O)cc3cc(Cc4ccc(C(C)(C)C)cc4)ccc32)cc1. The lowest BCUT2D eigenvalue weighted by Crippen LogP contribution is -2.10. The number of carboxylic acids is 1. The zero-order valence-corrected chi connectivity index (χ0v) is 19.9. The molecule has 0 fully saturated rings. The van der Waals surface area contributed by atoms with E-state index in [4.69, 9.17) is 4.74 Å². The average molecular weight is 442 g/mol. The molecule has 4 nitrogen and oxygen atoms in total. The van der Waals surface area contributed by atoms with Crippen LogP contribution in [0.2, 0.25) is 0 Å². The highest BCUT2D eigenvalue weighted by Gasteiger charge is 2.17. The van der Waals surface area contributed by atoms with E-state index >= 15 is 0 Å². The van der Waals surface area contributed by atoms with Crippen molar-refractivity contribution < 1.29 is 14.6 Å². The predicted octanol–water partition coefficient (Wildman–Crippen LogP) is 7.00. The third kappa shape index (κ3) is 4.95. The van der Waals surface area contributed by atoms with Crippen molar-refractivity contribution in [1.82, 2.24) is 4.57 Å². The lowest BCUT2D eigenvalue weighted by atomic mass is 9.86. The van der Waals surface area contributed by atoms with Crippen LogP contribution in [0.25, 0.3) is 16.6 Å². The number of ether oxygens (including phenoxy) is 1. The second kappa shape index (κ2) is 8.78. The predicted molar refractivity (Wildman–Crippen MR) is 134 cm³/mol. The van der Waals surface area contributed by atoms with Crippen molar-refractivity contribution in [2.75, 3.05) is 0 Å². The van der Waals surface area contributed by atoms with E-state index in [2.05, 4.69) is 57.2 Å². The maximum atomic E-state index is 12.0. The van der Waals surface area contributed by atoms with Crippen molar-refractivity contribution in [3.63, 3.8) is 0 Å². The van der Waals surface area contributed by atoms with Crippen molar-refractivity contribution >= 4 is 16.9 Å². The molecule has 0 saturated heterocycles. The number of carbonyl (C=O) groups is 1. The molecule has 4 aromatic rings. The normalized spacial score (nSPS) is 11.8. The molecule has 0 saturated carbocycles. The van der Waals surface area contributed by atoms with Gasteiger partial charge in [0.2, 0.25) is 0 Å². The summed E-state index contributed by atoms with van der Waals surface area (Å²) in [7, 11) is 0. The molecule has 170 valence electrons. The Morgan fingerprint density at radius 3 is 2.12 bits per heavy atom. The van der Waals surface area contributed by atoms with Crippen LogP contribution >= 0.6 is 0 Å². The monoisotopic (exact) mass is 441 g/mol. The molecule has 33 heavy (non-hydrogen) atoms. The van der Waals surface area contributed by atoms with E-state index in [-0.39, 0.29) is 17.2 Å². The van der Waals surface area contributed by atoms with Gasteiger partial charge >= 0.3 is 5.97 Å². The molecule has 1 heterocycles. The Kier molecular flexibility index (Phi) is 6.03. The van der Waals surface area contributed by atoms with Gasteiger partial charge in [-0.25, -0.2) is 4.79 Å². The Hall–Kier alpha value is -3.53. The smallest absolute Gasteiger partial charge is 0.352 e. The van der Waals surface area contributed by atoms with Gasteiger partial charge in [0.05, 0.1) is 11.6 Å². The van der Waals surface area contributed by atoms with Gasteiger partial charge in [0.15, 0.2) is 0 Å². The van der Waals surface area contributed by atoms with Crippen LogP contribution in [0.15, 0.2) is 72.8 Å². The highest BCUT2D eigenvalue weighted by Crippen LogP contribution is 2.28. The van der Waals surface area contributed by atoms with Gasteiger partial charge in [-0.05, 0) is 84.8 Å². The summed E-state index contributed by atoms with van der Waals surface area (Å²) in [4.78, 5) is 12.0. The second-order valence-corrected chi connectivity index (χ2v) is 9.85. The number of rotatable bonds is 6. The minimum absolute atomic E-state index is 0.0842. The molecule has 1 aromatic heterocycles. The molecule has 0 atom stereocenters. The van der Waals surface area contributed by atoms with Crippen molar-refractivity contribution in [2.24, 2.45) is 0 Å². The van der Waals surface area contributed by atoms with E-state index in [1.165, 1.54) is 11.1 Å². The summed E-state index contributed by atoms with van der Waals surface area (Å²) in [5, 5.41) is 10.8. The quantitative estimate of drug-likeness (QED) is 0.350. The third-order valence-corrected chi connectivity index (χ3v) is 5.78. The molecule has 0 spiro atoms. The molecule has 4 rings (SSSR count). The maximum absolute atomic E-state index is 12.0. The number of hydrogen-bond donors (Lipinski definition) is 1. The number of benzene rings is 3. The first-order chi connectivity index (χ1) is 15.6. The molecular formula is C29H31NO3. The Bertz CT molecular complexity index is 1270. The van der Waals surface area contributed by atoms with Crippen LogP contribution < -0.4 is 4.74 Å². The van der Waals surface area contributed by atoms with E-state index in [1.807, 2.05) is 44.2 Å². The third-order valence-electron chi connectivity index (χ3n) is 5.78. The Labute approximate surface area is 195 Å². The summed E-state index contributed by atoms with van der Waals surface area (Å²) >= 11 is 0. The zero-order chi connectivity index (χ0) is 23.8. The molecule has 0 amide bonds. The molecule has 1 N–H and O–H groups in total. The Morgan fingerprint density at radius 2 is 1.55 bits per heavy atom. The van der Waals surface area contributed by atoms with Gasteiger partial charge in [-0.2, -0.15) is 0 Å². The number of aromatic carboxylic acids is 1. The van der Waals surface area contributed by atoms with Crippen LogP contribution in [0.1, 0.15) is 61.8 Å². The van der Waals surface area contributed by atoms with Gasteiger partial charge in [0.1, 0.15) is 11.4 Å². The van der Waals surface area contributed by atoms with Crippen LogP contribution in [0, 0.1) is 0 Å². The van der Waals surface area contributed by atoms with Gasteiger partial charge in [-0.3, -0.25) is 0 Å². The summed E-state index contributed by atoms with van der Waals surface area (Å²) in [6.45, 7) is 10.6. The molecule has 0 radical (unpaired) electrons. The molecule has 0 aliphatic carbocycles. The van der Waals surface area contributed by atoms with Gasteiger partial charge in [-0.1, -0.05) is 51.1 Å². The van der Waals surface area contributed by atoms with E-state index in [0.717, 1.165) is 34.3 Å². The summed E-state index contributed by atoms with van der Waals surface area (Å²) < 4.78 is 7.51. The van der Waals surface area contributed by atoms with E-state index < -0.39 is 5.97 Å². The number of nitrogens with zero attached hydrogens (tertiary/aromatic N) is 1. The van der Waals surface area contributed by atoms with E-state index in [1.54, 1.807) is 10.6 Å². The number of fused-ring (bicyclic) bond motifs is 1. The maximum Gasteiger partial charge on any atom is 0.352 e. The standard InChI is InChI=1S/C29H31NO3/c1-19(2)33-25-13-11-24(12-14-25)30-26-15-8-21(17-22(26)18-27(30)28(31)32)16-20-6-9-23(10-7-20)29(3,4)5/h6-15,17-19H,16H2,1-5H3,(H,31,32). The van der Waals surface area contributed by atoms with Gasteiger partial charge in [-0.15, -0.1) is 0 Å². The molecule has 3 aromatic carbocycles. The van der Waals surface area contributed by atoms with Crippen LogP contribution in [-0.4, -0.2) is 21.7 Å². The molecule has 0 aliphatic heterocycles. The summed E-state index contributed by atoms with van der Waals surface area (Å²) in [6.07, 6.45) is 0.885. The van der Waals surface area contributed by atoms with Crippen LogP contribution in [0.4, 0.5) is 0 Å². The Morgan fingerprint density at radius 1 is 0.909 bits per heavy atom. The van der Waals surface area contributed by atoms with Crippen molar-refractivity contribution in [3.05, 3.63) is 95.2 Å². The van der Waals surface area contributed by atoms with Crippen molar-refractivity contribution in [3.8, 4) is 11.4 Å². The second-order valence-electron chi connectivity index (χ2n) is 9.85. The first-order valence-electron chi connectivity index (χ1n) is 11.4. The summed E-state index contributed by atoms with van der Waals surface area (Å²) in [5.41, 5.74) is 5.75. The highest BCUT2D eigenvalue weighted by molar-refractivity contribution is 5.96. The minimum atomic E-state index is -0.951. The first kappa shape index (κ1) is 22.7.